The van der Waals surface area contributed by atoms with Gasteiger partial charge in [0.25, 0.3) is 0 Å². The van der Waals surface area contributed by atoms with Crippen LogP contribution in [0.2, 0.25) is 0 Å². The molecule has 14 heavy (non-hydrogen) atoms. The molecule has 0 atom stereocenters. The third-order valence-electron chi connectivity index (χ3n) is 1.52. The highest BCUT2D eigenvalue weighted by atomic mass is 127. The lowest BCUT2D eigenvalue weighted by atomic mass is 10.3. The number of pyridine rings is 1. The average molecular weight is 317 g/mol. The van der Waals surface area contributed by atoms with Crippen LogP contribution in [0, 0.1) is 17.4 Å². The molecular formula is C8H7F3INO. The summed E-state index contributed by atoms with van der Waals surface area (Å²) in [6, 6.07) is 1.33. The third kappa shape index (κ3) is 3.00. The van der Waals surface area contributed by atoms with Gasteiger partial charge in [0.15, 0.2) is 5.75 Å². The predicted octanol–water partition coefficient (Wildman–Crippen LogP) is 3.20. The van der Waals surface area contributed by atoms with Crippen molar-refractivity contribution in [1.82, 2.24) is 4.98 Å². The molecule has 0 radical (unpaired) electrons. The van der Waals surface area contributed by atoms with E-state index in [1.165, 1.54) is 13.0 Å². The molecule has 0 amide bonds. The Morgan fingerprint density at radius 2 is 1.86 bits per heavy atom. The first-order valence-electron chi connectivity index (χ1n) is 3.69. The van der Waals surface area contributed by atoms with Crippen LogP contribution in [0.4, 0.5) is 13.2 Å². The Hall–Kier alpha value is -0.530. The molecule has 0 aromatic carbocycles. The summed E-state index contributed by atoms with van der Waals surface area (Å²) in [6.07, 6.45) is -4.66. The lowest BCUT2D eigenvalue weighted by molar-refractivity contribution is -0.275. The predicted molar refractivity (Wildman–Crippen MR) is 53.1 cm³/mol. The van der Waals surface area contributed by atoms with Crippen LogP contribution in [-0.4, -0.2) is 11.3 Å². The molecule has 1 heterocycles. The molecule has 1 aromatic heterocycles. The van der Waals surface area contributed by atoms with Crippen LogP contribution >= 0.6 is 22.6 Å². The summed E-state index contributed by atoms with van der Waals surface area (Å²) in [5.41, 5.74) is 0.929. The van der Waals surface area contributed by atoms with Gasteiger partial charge in [-0.25, -0.2) is 0 Å². The zero-order valence-electron chi connectivity index (χ0n) is 7.44. The number of nitrogens with zero attached hydrogens (tertiary/aromatic N) is 1. The molecule has 0 fully saturated rings. The van der Waals surface area contributed by atoms with E-state index < -0.39 is 6.36 Å². The van der Waals surface area contributed by atoms with Gasteiger partial charge >= 0.3 is 6.36 Å². The molecule has 0 spiro atoms. The summed E-state index contributed by atoms with van der Waals surface area (Å²) >= 11 is 1.91. The van der Waals surface area contributed by atoms with Gasteiger partial charge < -0.3 is 4.74 Å². The first kappa shape index (κ1) is 11.5. The molecular weight excluding hydrogens is 310 g/mol. The van der Waals surface area contributed by atoms with E-state index in [0.29, 0.717) is 9.26 Å². The standard InChI is InChI=1S/C8H7F3INO/c1-4-6(12)3-7(5(2)13-4)14-8(9,10)11/h3H,1-2H3. The van der Waals surface area contributed by atoms with Crippen molar-refractivity contribution in [2.24, 2.45) is 0 Å². The Kier molecular flexibility index (Phi) is 3.23. The van der Waals surface area contributed by atoms with Crippen LogP contribution < -0.4 is 4.74 Å². The second-order valence-corrected chi connectivity index (χ2v) is 3.85. The fourth-order valence-electron chi connectivity index (χ4n) is 0.912. The molecule has 0 bridgehead atoms. The van der Waals surface area contributed by atoms with E-state index in [2.05, 4.69) is 9.72 Å². The van der Waals surface area contributed by atoms with Gasteiger partial charge in [-0.05, 0) is 42.5 Å². The number of ether oxygens (including phenoxy) is 1. The minimum Gasteiger partial charge on any atom is -0.404 e. The van der Waals surface area contributed by atoms with Crippen LogP contribution in [-0.2, 0) is 0 Å². The highest BCUT2D eigenvalue weighted by Gasteiger charge is 2.32. The van der Waals surface area contributed by atoms with Crippen molar-refractivity contribution in [2.45, 2.75) is 20.2 Å². The van der Waals surface area contributed by atoms with Gasteiger partial charge in [-0.3, -0.25) is 4.98 Å². The van der Waals surface area contributed by atoms with Crippen molar-refractivity contribution >= 4 is 22.6 Å². The zero-order valence-corrected chi connectivity index (χ0v) is 9.60. The van der Waals surface area contributed by atoms with Crippen molar-refractivity contribution in [3.63, 3.8) is 0 Å². The largest absolute Gasteiger partial charge is 0.573 e. The molecule has 0 aliphatic rings. The normalized spacial score (nSPS) is 11.6. The lowest BCUT2D eigenvalue weighted by Gasteiger charge is -2.11. The molecule has 0 N–H and O–H groups in total. The number of rotatable bonds is 1. The SMILES string of the molecule is Cc1nc(C)c(OC(F)(F)F)cc1I. The monoisotopic (exact) mass is 317 g/mol. The van der Waals surface area contributed by atoms with Gasteiger partial charge in [-0.15, -0.1) is 13.2 Å². The van der Waals surface area contributed by atoms with Crippen LogP contribution in [0.1, 0.15) is 11.4 Å². The Morgan fingerprint density at radius 3 is 2.36 bits per heavy atom. The van der Waals surface area contributed by atoms with Gasteiger partial charge in [-0.2, -0.15) is 0 Å². The Labute approximate surface area is 92.6 Å². The van der Waals surface area contributed by atoms with E-state index in [1.54, 1.807) is 6.92 Å². The molecule has 1 aromatic rings. The number of aromatic nitrogens is 1. The van der Waals surface area contributed by atoms with Gasteiger partial charge in [0.2, 0.25) is 0 Å². The van der Waals surface area contributed by atoms with Gasteiger partial charge in [-0.1, -0.05) is 0 Å². The van der Waals surface area contributed by atoms with E-state index >= 15 is 0 Å². The van der Waals surface area contributed by atoms with Crippen LogP contribution in [0.5, 0.6) is 5.75 Å². The van der Waals surface area contributed by atoms with Gasteiger partial charge in [0, 0.05) is 3.57 Å². The van der Waals surface area contributed by atoms with Crippen molar-refractivity contribution in [3.8, 4) is 5.75 Å². The van der Waals surface area contributed by atoms with Gasteiger partial charge in [0.1, 0.15) is 0 Å². The minimum atomic E-state index is -4.66. The van der Waals surface area contributed by atoms with Crippen molar-refractivity contribution in [3.05, 3.63) is 21.0 Å². The molecule has 0 saturated heterocycles. The average Bonchev–Trinajstić information content (AvgIpc) is 1.97. The quantitative estimate of drug-likeness (QED) is 0.742. The number of aryl methyl sites for hydroxylation is 2. The Morgan fingerprint density at radius 1 is 1.29 bits per heavy atom. The first-order chi connectivity index (χ1) is 6.29. The fraction of sp³-hybridized carbons (Fsp3) is 0.375. The summed E-state index contributed by atoms with van der Waals surface area (Å²) < 4.78 is 40.2. The summed E-state index contributed by atoms with van der Waals surface area (Å²) in [6.45, 7) is 3.20. The molecule has 0 aliphatic carbocycles. The highest BCUT2D eigenvalue weighted by molar-refractivity contribution is 14.1. The maximum atomic E-state index is 11.9. The Balaban J connectivity index is 3.04. The van der Waals surface area contributed by atoms with E-state index in [-0.39, 0.29) is 11.4 Å². The summed E-state index contributed by atoms with van der Waals surface area (Å²) in [4.78, 5) is 3.92. The van der Waals surface area contributed by atoms with E-state index in [4.69, 9.17) is 0 Å². The maximum absolute atomic E-state index is 11.9. The third-order valence-corrected chi connectivity index (χ3v) is 2.61. The van der Waals surface area contributed by atoms with E-state index in [9.17, 15) is 13.2 Å². The molecule has 78 valence electrons. The van der Waals surface area contributed by atoms with Crippen LogP contribution in [0.3, 0.4) is 0 Å². The molecule has 0 saturated carbocycles. The molecule has 6 heteroatoms. The second-order valence-electron chi connectivity index (χ2n) is 2.69. The minimum absolute atomic E-state index is 0.236. The number of alkyl halides is 3. The first-order valence-corrected chi connectivity index (χ1v) is 4.77. The second kappa shape index (κ2) is 3.92. The van der Waals surface area contributed by atoms with Crippen molar-refractivity contribution < 1.29 is 17.9 Å². The topological polar surface area (TPSA) is 22.1 Å². The van der Waals surface area contributed by atoms with E-state index in [1.807, 2.05) is 22.6 Å². The van der Waals surface area contributed by atoms with Crippen LogP contribution in [0.25, 0.3) is 0 Å². The lowest BCUT2D eigenvalue weighted by Crippen LogP contribution is -2.18. The maximum Gasteiger partial charge on any atom is 0.573 e. The molecule has 0 aliphatic heterocycles. The summed E-state index contributed by atoms with van der Waals surface area (Å²) in [5, 5.41) is 0. The fourth-order valence-corrected chi connectivity index (χ4v) is 1.32. The summed E-state index contributed by atoms with van der Waals surface area (Å²) in [5.74, 6) is -0.243. The molecule has 0 unspecified atom stereocenters. The van der Waals surface area contributed by atoms with Crippen molar-refractivity contribution in [2.75, 3.05) is 0 Å². The molecule has 1 rings (SSSR count). The zero-order chi connectivity index (χ0) is 10.9. The highest BCUT2D eigenvalue weighted by Crippen LogP contribution is 2.27. The number of hydrogen-bond acceptors (Lipinski definition) is 2. The Bertz CT molecular complexity index is 351. The molecule has 2 nitrogen and oxygen atoms in total. The smallest absolute Gasteiger partial charge is 0.404 e. The van der Waals surface area contributed by atoms with Crippen molar-refractivity contribution in [1.29, 1.82) is 0 Å². The number of halogens is 4. The van der Waals surface area contributed by atoms with Gasteiger partial charge in [0.05, 0.1) is 11.4 Å². The van der Waals surface area contributed by atoms with E-state index in [0.717, 1.165) is 0 Å². The number of hydrogen-bond donors (Lipinski definition) is 0. The summed E-state index contributed by atoms with van der Waals surface area (Å²) in [7, 11) is 0. The van der Waals surface area contributed by atoms with Crippen LogP contribution in [0.15, 0.2) is 6.07 Å².